The summed E-state index contributed by atoms with van der Waals surface area (Å²) < 4.78 is 4.97. The second kappa shape index (κ2) is 8.40. The van der Waals surface area contributed by atoms with Crippen molar-refractivity contribution in [3.63, 3.8) is 0 Å². The smallest absolute Gasteiger partial charge is 0.342 e. The normalized spacial score (nSPS) is 10.2. The van der Waals surface area contributed by atoms with Crippen LogP contribution in [0, 0.1) is 0 Å². The highest BCUT2D eigenvalue weighted by atomic mass is 32.2. The van der Waals surface area contributed by atoms with Crippen LogP contribution in [0.4, 0.5) is 0 Å². The van der Waals surface area contributed by atoms with Gasteiger partial charge in [0.05, 0.1) is 0 Å². The molecule has 1 amide bonds. The summed E-state index contributed by atoms with van der Waals surface area (Å²) in [7, 11) is 1.65. The Morgan fingerprint density at radius 2 is 1.79 bits per heavy atom. The number of thioether (sulfide) groups is 1. The van der Waals surface area contributed by atoms with Crippen molar-refractivity contribution in [1.29, 1.82) is 0 Å². The molecule has 0 bridgehead atoms. The number of phenolic OH excluding ortho intramolecular Hbond substituents is 1. The Bertz CT molecular complexity index is 715. The zero-order valence-electron chi connectivity index (χ0n) is 13.6. The zero-order chi connectivity index (χ0) is 17.5. The summed E-state index contributed by atoms with van der Waals surface area (Å²) >= 11 is 1.65. The van der Waals surface area contributed by atoms with Crippen molar-refractivity contribution in [2.24, 2.45) is 0 Å². The number of esters is 1. The van der Waals surface area contributed by atoms with Crippen LogP contribution in [-0.4, -0.2) is 41.8 Å². The van der Waals surface area contributed by atoms with Gasteiger partial charge in [-0.1, -0.05) is 24.3 Å². The second-order valence-corrected chi connectivity index (χ2v) is 6.07. The van der Waals surface area contributed by atoms with Gasteiger partial charge in [0, 0.05) is 18.5 Å². The molecule has 0 saturated heterocycles. The van der Waals surface area contributed by atoms with Gasteiger partial charge in [-0.05, 0) is 36.1 Å². The number of carbonyl (C=O) groups excluding carboxylic acids is 2. The van der Waals surface area contributed by atoms with E-state index >= 15 is 0 Å². The zero-order valence-corrected chi connectivity index (χ0v) is 14.4. The number of hydrogen-bond donors (Lipinski definition) is 1. The van der Waals surface area contributed by atoms with Gasteiger partial charge in [-0.3, -0.25) is 4.79 Å². The lowest BCUT2D eigenvalue weighted by Gasteiger charge is -2.17. The number of likely N-dealkylation sites (N-methyl/N-ethyl adjacent to an activating group) is 1. The van der Waals surface area contributed by atoms with Crippen molar-refractivity contribution in [2.45, 2.75) is 11.4 Å². The van der Waals surface area contributed by atoms with Gasteiger partial charge in [0.25, 0.3) is 5.91 Å². The van der Waals surface area contributed by atoms with Crippen molar-refractivity contribution in [1.82, 2.24) is 4.90 Å². The Balaban J connectivity index is 1.87. The standard InChI is InChI=1S/C18H19NO4S/c1-19(11-13-7-9-14(24-2)10-8-13)17(21)12-23-18(22)15-5-3-4-6-16(15)20/h3-10,20H,11-12H2,1-2H3. The van der Waals surface area contributed by atoms with Crippen LogP contribution in [0.1, 0.15) is 15.9 Å². The first-order valence-electron chi connectivity index (χ1n) is 7.33. The molecule has 0 unspecified atom stereocenters. The molecule has 2 aromatic rings. The average Bonchev–Trinajstić information content (AvgIpc) is 2.60. The van der Waals surface area contributed by atoms with Gasteiger partial charge in [0.1, 0.15) is 11.3 Å². The van der Waals surface area contributed by atoms with Gasteiger partial charge in [-0.25, -0.2) is 4.79 Å². The highest BCUT2D eigenvalue weighted by molar-refractivity contribution is 7.98. The second-order valence-electron chi connectivity index (χ2n) is 5.19. The van der Waals surface area contributed by atoms with E-state index in [0.29, 0.717) is 6.54 Å². The molecule has 0 spiro atoms. The molecule has 0 heterocycles. The highest BCUT2D eigenvalue weighted by Crippen LogP contribution is 2.17. The van der Waals surface area contributed by atoms with Crippen LogP contribution in [0.2, 0.25) is 0 Å². The van der Waals surface area contributed by atoms with Crippen LogP contribution >= 0.6 is 11.8 Å². The molecule has 1 N–H and O–H groups in total. The van der Waals surface area contributed by atoms with Crippen molar-refractivity contribution in [2.75, 3.05) is 19.9 Å². The van der Waals surface area contributed by atoms with E-state index in [2.05, 4.69) is 0 Å². The van der Waals surface area contributed by atoms with Crippen LogP contribution in [0.15, 0.2) is 53.4 Å². The third-order valence-corrected chi connectivity index (χ3v) is 4.20. The average molecular weight is 345 g/mol. The Morgan fingerprint density at radius 1 is 1.12 bits per heavy atom. The largest absolute Gasteiger partial charge is 0.507 e. The number of carbonyl (C=O) groups is 2. The first-order valence-corrected chi connectivity index (χ1v) is 8.55. The van der Waals surface area contributed by atoms with Crippen LogP contribution in [-0.2, 0) is 16.1 Å². The molecule has 2 rings (SSSR count). The van der Waals surface area contributed by atoms with Gasteiger partial charge in [-0.2, -0.15) is 0 Å². The van der Waals surface area contributed by atoms with Gasteiger partial charge in [-0.15, -0.1) is 11.8 Å². The molecule has 0 aliphatic heterocycles. The van der Waals surface area contributed by atoms with Gasteiger partial charge in [0.15, 0.2) is 6.61 Å². The molecule has 24 heavy (non-hydrogen) atoms. The molecular formula is C18H19NO4S. The van der Waals surface area contributed by atoms with E-state index in [9.17, 15) is 14.7 Å². The van der Waals surface area contributed by atoms with Crippen LogP contribution < -0.4 is 0 Å². The minimum atomic E-state index is -0.723. The first kappa shape index (κ1) is 17.9. The van der Waals surface area contributed by atoms with E-state index in [1.54, 1.807) is 30.9 Å². The Morgan fingerprint density at radius 3 is 2.42 bits per heavy atom. The van der Waals surface area contributed by atoms with E-state index < -0.39 is 5.97 Å². The summed E-state index contributed by atoms with van der Waals surface area (Å²) in [5.74, 6) is -1.20. The van der Waals surface area contributed by atoms with Crippen molar-refractivity contribution < 1.29 is 19.4 Å². The molecule has 0 atom stereocenters. The van der Waals surface area contributed by atoms with Gasteiger partial charge >= 0.3 is 5.97 Å². The third kappa shape index (κ3) is 4.76. The van der Waals surface area contributed by atoms with Crippen molar-refractivity contribution in [3.8, 4) is 5.75 Å². The molecule has 126 valence electrons. The molecule has 0 aliphatic carbocycles. The van der Waals surface area contributed by atoms with Crippen molar-refractivity contribution >= 4 is 23.6 Å². The molecule has 0 radical (unpaired) electrons. The van der Waals surface area contributed by atoms with E-state index in [1.165, 1.54) is 17.0 Å². The number of amides is 1. The first-order chi connectivity index (χ1) is 11.5. The molecule has 6 heteroatoms. The molecule has 0 aromatic heterocycles. The summed E-state index contributed by atoms with van der Waals surface area (Å²) in [5, 5.41) is 9.60. The third-order valence-electron chi connectivity index (χ3n) is 3.46. The van der Waals surface area contributed by atoms with E-state index in [4.69, 9.17) is 4.74 Å². The lowest BCUT2D eigenvalue weighted by atomic mass is 10.2. The fourth-order valence-electron chi connectivity index (χ4n) is 2.05. The topological polar surface area (TPSA) is 66.8 Å². The highest BCUT2D eigenvalue weighted by Gasteiger charge is 2.16. The Hall–Kier alpha value is -2.47. The number of benzene rings is 2. The minimum Gasteiger partial charge on any atom is -0.507 e. The summed E-state index contributed by atoms with van der Waals surface area (Å²) in [5.41, 5.74) is 1.04. The summed E-state index contributed by atoms with van der Waals surface area (Å²) in [6.07, 6.45) is 2.00. The van der Waals surface area contributed by atoms with Crippen LogP contribution in [0.25, 0.3) is 0 Å². The maximum absolute atomic E-state index is 12.1. The number of para-hydroxylation sites is 1. The summed E-state index contributed by atoms with van der Waals surface area (Å²) in [6, 6.07) is 14.0. The number of nitrogens with zero attached hydrogens (tertiary/aromatic N) is 1. The van der Waals surface area contributed by atoms with Gasteiger partial charge < -0.3 is 14.7 Å². The molecule has 0 fully saturated rings. The summed E-state index contributed by atoms with van der Waals surface area (Å²) in [4.78, 5) is 26.6. The maximum atomic E-state index is 12.1. The van der Waals surface area contributed by atoms with E-state index in [0.717, 1.165) is 10.5 Å². The number of phenols is 1. The number of ether oxygens (including phenoxy) is 1. The fraction of sp³-hybridized carbons (Fsp3) is 0.222. The molecule has 2 aromatic carbocycles. The molecule has 0 saturated carbocycles. The van der Waals surface area contributed by atoms with E-state index in [-0.39, 0.29) is 23.8 Å². The molecule has 5 nitrogen and oxygen atoms in total. The maximum Gasteiger partial charge on any atom is 0.342 e. The lowest BCUT2D eigenvalue weighted by Crippen LogP contribution is -2.30. The summed E-state index contributed by atoms with van der Waals surface area (Å²) in [6.45, 7) is 0.0637. The van der Waals surface area contributed by atoms with Crippen molar-refractivity contribution in [3.05, 3.63) is 59.7 Å². The number of hydrogen-bond acceptors (Lipinski definition) is 5. The van der Waals surface area contributed by atoms with Gasteiger partial charge in [0.2, 0.25) is 0 Å². The predicted molar refractivity (Wildman–Crippen MR) is 93.1 cm³/mol. The quantitative estimate of drug-likeness (QED) is 0.644. The Labute approximate surface area is 145 Å². The minimum absolute atomic E-state index is 0.0422. The number of rotatable bonds is 6. The predicted octanol–water partition coefficient (Wildman–Crippen LogP) is 2.93. The number of aromatic hydroxyl groups is 1. The lowest BCUT2D eigenvalue weighted by molar-refractivity contribution is -0.133. The molecule has 0 aliphatic rings. The fourth-order valence-corrected chi connectivity index (χ4v) is 2.46. The Kier molecular flexibility index (Phi) is 6.26. The van der Waals surface area contributed by atoms with E-state index in [1.807, 2.05) is 30.5 Å². The van der Waals surface area contributed by atoms with Crippen LogP contribution in [0.3, 0.4) is 0 Å². The molecular weight excluding hydrogens is 326 g/mol. The van der Waals surface area contributed by atoms with Crippen LogP contribution in [0.5, 0.6) is 5.75 Å². The SMILES string of the molecule is CSc1ccc(CN(C)C(=O)COC(=O)c2ccccc2O)cc1. The monoisotopic (exact) mass is 345 g/mol.